The minimum atomic E-state index is -4.74. The van der Waals surface area contributed by atoms with E-state index in [4.69, 9.17) is 19.3 Å². The summed E-state index contributed by atoms with van der Waals surface area (Å²) in [6.07, 6.45) is 41.4. The van der Waals surface area contributed by atoms with E-state index in [1.165, 1.54) is 57.8 Å². The van der Waals surface area contributed by atoms with Crippen molar-refractivity contribution in [3.63, 3.8) is 0 Å². The summed E-state index contributed by atoms with van der Waals surface area (Å²) >= 11 is 0. The first-order valence-electron chi connectivity index (χ1n) is 18.9. The molecule has 1 unspecified atom stereocenters. The minimum absolute atomic E-state index is 0.206. The summed E-state index contributed by atoms with van der Waals surface area (Å²) in [6, 6.07) is 0. The third kappa shape index (κ3) is 36.8. The third-order valence-electron chi connectivity index (χ3n) is 7.86. The van der Waals surface area contributed by atoms with E-state index in [0.717, 1.165) is 77.0 Å². The summed E-state index contributed by atoms with van der Waals surface area (Å²) in [4.78, 5) is 42.5. The molecule has 0 amide bonds. The molecule has 0 bridgehead atoms. The Morgan fingerprint density at radius 3 is 1.50 bits per heavy atom. The molecule has 1 atom stereocenters. The van der Waals surface area contributed by atoms with Gasteiger partial charge in [0.15, 0.2) is 6.10 Å². The van der Waals surface area contributed by atoms with Crippen molar-refractivity contribution in [2.24, 2.45) is 0 Å². The van der Waals surface area contributed by atoms with Crippen LogP contribution in [0.25, 0.3) is 0 Å². The van der Waals surface area contributed by atoms with Crippen molar-refractivity contribution in [2.45, 2.75) is 174 Å². The lowest BCUT2D eigenvalue weighted by Gasteiger charge is -2.18. The van der Waals surface area contributed by atoms with Crippen LogP contribution in [0.15, 0.2) is 48.6 Å². The number of hydrogen-bond donors (Lipinski definition) is 2. The Kier molecular flexibility index (Phi) is 33.4. The van der Waals surface area contributed by atoms with Crippen molar-refractivity contribution in [1.82, 2.24) is 0 Å². The molecular weight excluding hydrogens is 627 g/mol. The molecule has 0 aliphatic heterocycles. The molecule has 0 spiro atoms. The molecule has 48 heavy (non-hydrogen) atoms. The number of allylic oxidation sites excluding steroid dienone is 8. The normalized spacial score (nSPS) is 13.0. The number of ether oxygens (including phenoxy) is 2. The van der Waals surface area contributed by atoms with Crippen molar-refractivity contribution >= 4 is 19.8 Å². The van der Waals surface area contributed by atoms with Crippen LogP contribution in [-0.2, 0) is 28.2 Å². The summed E-state index contributed by atoms with van der Waals surface area (Å²) < 4.78 is 26.2. The topological polar surface area (TPSA) is 119 Å². The Hall–Kier alpha value is -1.99. The van der Waals surface area contributed by atoms with Gasteiger partial charge in [0.1, 0.15) is 6.61 Å². The largest absolute Gasteiger partial charge is 0.469 e. The minimum Gasteiger partial charge on any atom is -0.462 e. The molecule has 0 radical (unpaired) electrons. The number of phosphoric acid groups is 1. The van der Waals surface area contributed by atoms with Crippen molar-refractivity contribution in [3.8, 4) is 0 Å². The first-order valence-corrected chi connectivity index (χ1v) is 20.5. The van der Waals surface area contributed by atoms with Gasteiger partial charge in [0.25, 0.3) is 0 Å². The third-order valence-corrected chi connectivity index (χ3v) is 8.35. The molecular formula is C39H69O8P. The zero-order valence-electron chi connectivity index (χ0n) is 30.4. The number of phosphoric ester groups is 1. The second-order valence-electron chi connectivity index (χ2n) is 12.5. The first kappa shape index (κ1) is 46.0. The van der Waals surface area contributed by atoms with Crippen LogP contribution >= 0.6 is 7.82 Å². The molecule has 0 aromatic heterocycles. The fourth-order valence-corrected chi connectivity index (χ4v) is 5.43. The molecule has 2 N–H and O–H groups in total. The van der Waals surface area contributed by atoms with Gasteiger partial charge in [-0.3, -0.25) is 14.1 Å². The standard InChI is InChI=1S/C39H69O8P/c1-3-5-7-9-11-12-13-14-15-16-17-18-19-20-21-22-23-24-25-26-28-30-32-34-39(41)47-37(36-46-48(42,43)44)35-45-38(40)33-31-29-27-10-8-6-4-2/h5,7,11-12,14-15,17-18,37H,3-4,6,8-10,13,16,19-36H2,1-2H3,(H2,42,43,44)/b7-5-,12-11-,15-14-,18-17-. The quantitative estimate of drug-likeness (QED) is 0.0295. The highest BCUT2D eigenvalue weighted by atomic mass is 31.2. The summed E-state index contributed by atoms with van der Waals surface area (Å²) in [5, 5.41) is 0. The zero-order valence-corrected chi connectivity index (χ0v) is 31.3. The van der Waals surface area contributed by atoms with Crippen molar-refractivity contribution in [1.29, 1.82) is 0 Å². The van der Waals surface area contributed by atoms with Crippen LogP contribution in [0.3, 0.4) is 0 Å². The first-order chi connectivity index (χ1) is 23.3. The van der Waals surface area contributed by atoms with Gasteiger partial charge in [0.05, 0.1) is 6.61 Å². The maximum atomic E-state index is 12.3. The monoisotopic (exact) mass is 696 g/mol. The van der Waals surface area contributed by atoms with Gasteiger partial charge in [-0.1, -0.05) is 152 Å². The second-order valence-corrected chi connectivity index (χ2v) is 13.8. The van der Waals surface area contributed by atoms with Crippen LogP contribution in [0, 0.1) is 0 Å². The molecule has 0 saturated carbocycles. The van der Waals surface area contributed by atoms with Crippen LogP contribution in [0.1, 0.15) is 168 Å². The van der Waals surface area contributed by atoms with Gasteiger partial charge in [-0.2, -0.15) is 0 Å². The van der Waals surface area contributed by atoms with E-state index in [1.807, 2.05) is 0 Å². The number of esters is 2. The molecule has 0 aliphatic carbocycles. The van der Waals surface area contributed by atoms with Crippen molar-refractivity contribution in [3.05, 3.63) is 48.6 Å². The van der Waals surface area contributed by atoms with Gasteiger partial charge in [-0.05, 0) is 51.4 Å². The van der Waals surface area contributed by atoms with E-state index in [1.54, 1.807) is 0 Å². The molecule has 0 saturated heterocycles. The van der Waals surface area contributed by atoms with Gasteiger partial charge in [-0.15, -0.1) is 0 Å². The molecule has 0 aromatic rings. The lowest BCUT2D eigenvalue weighted by atomic mass is 10.0. The molecule has 0 aromatic carbocycles. The van der Waals surface area contributed by atoms with Gasteiger partial charge in [-0.25, -0.2) is 4.57 Å². The Labute approximate surface area is 293 Å². The van der Waals surface area contributed by atoms with E-state index in [-0.39, 0.29) is 19.4 Å². The number of hydrogen-bond acceptors (Lipinski definition) is 6. The lowest BCUT2D eigenvalue weighted by Crippen LogP contribution is -2.29. The highest BCUT2D eigenvalue weighted by Gasteiger charge is 2.22. The molecule has 9 heteroatoms. The molecule has 0 heterocycles. The van der Waals surface area contributed by atoms with E-state index in [9.17, 15) is 14.2 Å². The number of carbonyl (C=O) groups is 2. The van der Waals surface area contributed by atoms with Crippen LogP contribution < -0.4 is 0 Å². The zero-order chi connectivity index (χ0) is 35.4. The SMILES string of the molecule is CC/C=C\C/C=C\C/C=C\C/C=C\CCCCCCCCCCCCC(=O)OC(COC(=O)CCCCCCCCC)COP(=O)(O)O. The molecule has 0 fully saturated rings. The fourth-order valence-electron chi connectivity index (χ4n) is 5.07. The fraction of sp³-hybridized carbons (Fsp3) is 0.744. The molecule has 8 nitrogen and oxygen atoms in total. The molecule has 0 rings (SSSR count). The van der Waals surface area contributed by atoms with Crippen molar-refractivity contribution < 1.29 is 37.9 Å². The predicted molar refractivity (Wildman–Crippen MR) is 198 cm³/mol. The van der Waals surface area contributed by atoms with Gasteiger partial charge in [0, 0.05) is 12.8 Å². The van der Waals surface area contributed by atoms with E-state index in [2.05, 4.69) is 67.0 Å². The maximum Gasteiger partial charge on any atom is 0.469 e. The van der Waals surface area contributed by atoms with Crippen LogP contribution in [0.4, 0.5) is 0 Å². The number of rotatable bonds is 34. The Morgan fingerprint density at radius 2 is 1.00 bits per heavy atom. The molecule has 278 valence electrons. The van der Waals surface area contributed by atoms with Gasteiger partial charge in [0.2, 0.25) is 0 Å². The Bertz CT molecular complexity index is 921. The number of carbonyl (C=O) groups excluding carboxylic acids is 2. The number of unbranched alkanes of at least 4 members (excludes halogenated alkanes) is 16. The predicted octanol–water partition coefficient (Wildman–Crippen LogP) is 11.2. The van der Waals surface area contributed by atoms with Crippen LogP contribution in [-0.4, -0.2) is 41.0 Å². The summed E-state index contributed by atoms with van der Waals surface area (Å²) in [7, 11) is -4.74. The molecule has 0 aliphatic rings. The Morgan fingerprint density at radius 1 is 0.562 bits per heavy atom. The van der Waals surface area contributed by atoms with Crippen LogP contribution in [0.5, 0.6) is 0 Å². The highest BCUT2D eigenvalue weighted by molar-refractivity contribution is 7.46. The summed E-state index contributed by atoms with van der Waals surface area (Å²) in [6.45, 7) is 3.50. The maximum absolute atomic E-state index is 12.3. The average molecular weight is 697 g/mol. The average Bonchev–Trinajstić information content (AvgIpc) is 3.05. The summed E-state index contributed by atoms with van der Waals surface area (Å²) in [5.74, 6) is -0.898. The van der Waals surface area contributed by atoms with Crippen LogP contribution in [0.2, 0.25) is 0 Å². The Balaban J connectivity index is 3.85. The highest BCUT2D eigenvalue weighted by Crippen LogP contribution is 2.36. The second kappa shape index (κ2) is 34.9. The smallest absolute Gasteiger partial charge is 0.462 e. The summed E-state index contributed by atoms with van der Waals surface area (Å²) in [5.41, 5.74) is 0. The van der Waals surface area contributed by atoms with E-state index < -0.39 is 32.5 Å². The van der Waals surface area contributed by atoms with Crippen molar-refractivity contribution in [2.75, 3.05) is 13.2 Å². The van der Waals surface area contributed by atoms with E-state index >= 15 is 0 Å². The van der Waals surface area contributed by atoms with Gasteiger partial charge >= 0.3 is 19.8 Å². The van der Waals surface area contributed by atoms with E-state index in [0.29, 0.717) is 6.42 Å². The van der Waals surface area contributed by atoms with Gasteiger partial charge < -0.3 is 19.3 Å². The lowest BCUT2D eigenvalue weighted by molar-refractivity contribution is -0.161.